The average molecular weight is 165 g/mol. The average Bonchev–Trinajstić information content (AvgIpc) is 2.05. The Labute approximate surface area is 73.4 Å². The van der Waals surface area contributed by atoms with Crippen LogP contribution in [0.4, 0.5) is 4.39 Å². The molecular weight excluding hydrogens is 151 g/mol. The molecule has 65 valence electrons. The summed E-state index contributed by atoms with van der Waals surface area (Å²) in [7, 11) is 0. The topological polar surface area (TPSA) is 0 Å². The first-order valence-corrected chi connectivity index (χ1v) is 4.13. The molecule has 12 heavy (non-hydrogen) atoms. The SMILES string of the molecule is C[CH]C(C)(C)c1ccc(F)cc1. The first-order chi connectivity index (χ1) is 5.56. The molecule has 1 radical (unpaired) electrons. The van der Waals surface area contributed by atoms with E-state index in [4.69, 9.17) is 0 Å². The van der Waals surface area contributed by atoms with Crippen molar-refractivity contribution in [2.24, 2.45) is 0 Å². The molecule has 0 aromatic heterocycles. The third kappa shape index (κ3) is 1.84. The van der Waals surface area contributed by atoms with Crippen LogP contribution in [0.25, 0.3) is 0 Å². The molecule has 1 aromatic rings. The van der Waals surface area contributed by atoms with Crippen LogP contribution < -0.4 is 0 Å². The van der Waals surface area contributed by atoms with Gasteiger partial charge in [-0.3, -0.25) is 0 Å². The third-order valence-corrected chi connectivity index (χ3v) is 2.31. The number of benzene rings is 1. The minimum absolute atomic E-state index is 0.0354. The van der Waals surface area contributed by atoms with E-state index in [-0.39, 0.29) is 11.2 Å². The first kappa shape index (κ1) is 9.24. The maximum absolute atomic E-state index is 12.6. The summed E-state index contributed by atoms with van der Waals surface area (Å²) in [6.07, 6.45) is 2.11. The summed E-state index contributed by atoms with van der Waals surface area (Å²) in [6, 6.07) is 6.66. The van der Waals surface area contributed by atoms with Crippen LogP contribution in [-0.4, -0.2) is 0 Å². The van der Waals surface area contributed by atoms with Crippen molar-refractivity contribution in [3.8, 4) is 0 Å². The van der Waals surface area contributed by atoms with Crippen molar-refractivity contribution in [1.82, 2.24) is 0 Å². The highest BCUT2D eigenvalue weighted by atomic mass is 19.1. The zero-order valence-electron chi connectivity index (χ0n) is 7.76. The fourth-order valence-electron chi connectivity index (χ4n) is 1.05. The molecule has 1 heteroatoms. The molecule has 1 aromatic carbocycles. The Hall–Kier alpha value is -0.850. The Morgan fingerprint density at radius 1 is 1.17 bits per heavy atom. The molecule has 0 aliphatic heterocycles. The molecule has 0 aliphatic carbocycles. The van der Waals surface area contributed by atoms with Gasteiger partial charge in [-0.1, -0.05) is 32.9 Å². The summed E-state index contributed by atoms with van der Waals surface area (Å²) in [6.45, 7) is 6.24. The van der Waals surface area contributed by atoms with Crippen LogP contribution in [0.5, 0.6) is 0 Å². The quantitative estimate of drug-likeness (QED) is 0.630. The monoisotopic (exact) mass is 165 g/mol. The zero-order valence-corrected chi connectivity index (χ0v) is 7.76. The van der Waals surface area contributed by atoms with Crippen molar-refractivity contribution in [2.75, 3.05) is 0 Å². The number of hydrogen-bond acceptors (Lipinski definition) is 0. The lowest BCUT2D eigenvalue weighted by atomic mass is 9.82. The lowest BCUT2D eigenvalue weighted by Gasteiger charge is -2.22. The standard InChI is InChI=1S/C11H14F/c1-4-11(2,3)9-5-7-10(12)8-6-9/h4-8H,1-3H3. The molecule has 0 saturated carbocycles. The normalized spacial score (nSPS) is 11.7. The van der Waals surface area contributed by atoms with Crippen molar-refractivity contribution >= 4 is 0 Å². The number of halogens is 1. The van der Waals surface area contributed by atoms with Gasteiger partial charge in [0.15, 0.2) is 0 Å². The summed E-state index contributed by atoms with van der Waals surface area (Å²) in [5.74, 6) is -0.175. The maximum Gasteiger partial charge on any atom is 0.123 e. The molecule has 0 atom stereocenters. The Morgan fingerprint density at radius 2 is 1.67 bits per heavy atom. The van der Waals surface area contributed by atoms with Crippen molar-refractivity contribution in [2.45, 2.75) is 26.2 Å². The molecule has 0 spiro atoms. The summed E-state index contributed by atoms with van der Waals surface area (Å²) in [5.41, 5.74) is 1.18. The van der Waals surface area contributed by atoms with E-state index in [0.717, 1.165) is 5.56 Å². The van der Waals surface area contributed by atoms with E-state index >= 15 is 0 Å². The van der Waals surface area contributed by atoms with Gasteiger partial charge < -0.3 is 0 Å². The largest absolute Gasteiger partial charge is 0.207 e. The third-order valence-electron chi connectivity index (χ3n) is 2.31. The van der Waals surface area contributed by atoms with Gasteiger partial charge in [0.05, 0.1) is 0 Å². The van der Waals surface area contributed by atoms with Gasteiger partial charge in [-0.05, 0) is 29.5 Å². The van der Waals surface area contributed by atoms with Gasteiger partial charge in [0.25, 0.3) is 0 Å². The first-order valence-electron chi connectivity index (χ1n) is 4.13. The Kier molecular flexibility index (Phi) is 2.51. The van der Waals surface area contributed by atoms with E-state index < -0.39 is 0 Å². The minimum atomic E-state index is -0.175. The van der Waals surface area contributed by atoms with Crippen LogP contribution >= 0.6 is 0 Å². The fourth-order valence-corrected chi connectivity index (χ4v) is 1.05. The predicted molar refractivity (Wildman–Crippen MR) is 49.4 cm³/mol. The van der Waals surface area contributed by atoms with E-state index in [1.54, 1.807) is 0 Å². The molecule has 0 N–H and O–H groups in total. The summed E-state index contributed by atoms with van der Waals surface area (Å²) in [5, 5.41) is 0. The van der Waals surface area contributed by atoms with E-state index in [2.05, 4.69) is 20.3 Å². The van der Waals surface area contributed by atoms with Gasteiger partial charge in [-0.25, -0.2) is 4.39 Å². The second kappa shape index (κ2) is 3.26. The molecule has 0 heterocycles. The Bertz CT molecular complexity index is 246. The van der Waals surface area contributed by atoms with E-state index in [1.165, 1.54) is 12.1 Å². The molecule has 0 nitrogen and oxygen atoms in total. The van der Waals surface area contributed by atoms with Gasteiger partial charge in [0.2, 0.25) is 0 Å². The molecule has 0 fully saturated rings. The summed E-state index contributed by atoms with van der Waals surface area (Å²) >= 11 is 0. The number of rotatable bonds is 2. The van der Waals surface area contributed by atoms with Crippen molar-refractivity contribution in [3.63, 3.8) is 0 Å². The van der Waals surface area contributed by atoms with Crippen molar-refractivity contribution in [1.29, 1.82) is 0 Å². The molecule has 1 rings (SSSR count). The van der Waals surface area contributed by atoms with Gasteiger partial charge in [-0.2, -0.15) is 0 Å². The van der Waals surface area contributed by atoms with Gasteiger partial charge >= 0.3 is 0 Å². The highest BCUT2D eigenvalue weighted by Gasteiger charge is 2.17. The van der Waals surface area contributed by atoms with Crippen LogP contribution in [0.3, 0.4) is 0 Å². The fraction of sp³-hybridized carbons (Fsp3) is 0.364. The van der Waals surface area contributed by atoms with Gasteiger partial charge in [0.1, 0.15) is 5.82 Å². The minimum Gasteiger partial charge on any atom is -0.207 e. The Balaban J connectivity index is 2.96. The van der Waals surface area contributed by atoms with Gasteiger partial charge in [0, 0.05) is 0 Å². The lowest BCUT2D eigenvalue weighted by Crippen LogP contribution is -2.15. The Morgan fingerprint density at radius 3 is 2.08 bits per heavy atom. The van der Waals surface area contributed by atoms with E-state index in [1.807, 2.05) is 19.1 Å². The predicted octanol–water partition coefficient (Wildman–Crippen LogP) is 3.33. The highest BCUT2D eigenvalue weighted by Crippen LogP contribution is 2.25. The molecule has 0 aliphatic rings. The van der Waals surface area contributed by atoms with Crippen LogP contribution in [0.2, 0.25) is 0 Å². The van der Waals surface area contributed by atoms with Crippen molar-refractivity contribution < 1.29 is 4.39 Å². The smallest absolute Gasteiger partial charge is 0.123 e. The molecular formula is C11H14F. The zero-order chi connectivity index (χ0) is 9.19. The molecule has 0 saturated heterocycles. The molecule has 0 bridgehead atoms. The maximum atomic E-state index is 12.6. The van der Waals surface area contributed by atoms with Crippen molar-refractivity contribution in [3.05, 3.63) is 42.1 Å². The summed E-state index contributed by atoms with van der Waals surface area (Å²) in [4.78, 5) is 0. The summed E-state index contributed by atoms with van der Waals surface area (Å²) < 4.78 is 12.6. The highest BCUT2D eigenvalue weighted by molar-refractivity contribution is 5.26. The van der Waals surface area contributed by atoms with Crippen LogP contribution in [0.15, 0.2) is 24.3 Å². The van der Waals surface area contributed by atoms with Crippen LogP contribution in [0, 0.1) is 12.2 Å². The van der Waals surface area contributed by atoms with Crippen LogP contribution in [0.1, 0.15) is 26.3 Å². The van der Waals surface area contributed by atoms with Crippen LogP contribution in [-0.2, 0) is 5.41 Å². The molecule has 0 unspecified atom stereocenters. The molecule has 0 amide bonds. The number of hydrogen-bond donors (Lipinski definition) is 0. The van der Waals surface area contributed by atoms with E-state index in [9.17, 15) is 4.39 Å². The van der Waals surface area contributed by atoms with E-state index in [0.29, 0.717) is 0 Å². The second-order valence-electron chi connectivity index (χ2n) is 3.52. The second-order valence-corrected chi connectivity index (χ2v) is 3.52. The lowest BCUT2D eigenvalue weighted by molar-refractivity contribution is 0.602. The van der Waals surface area contributed by atoms with Gasteiger partial charge in [-0.15, -0.1) is 0 Å².